The van der Waals surface area contributed by atoms with Crippen molar-refractivity contribution in [2.45, 2.75) is 6.61 Å². The molecule has 0 amide bonds. The van der Waals surface area contributed by atoms with E-state index in [0.717, 1.165) is 11.3 Å². The standard InChI is InChI=1S/C14H13NO4/c1-18-11-7-5-10(6-8-11)9-19-13-4-2-3-12(15-13)14(16)17/h2-8H,9H2,1H3,(H,16,17). The Morgan fingerprint density at radius 2 is 1.95 bits per heavy atom. The summed E-state index contributed by atoms with van der Waals surface area (Å²) in [7, 11) is 1.60. The van der Waals surface area contributed by atoms with Gasteiger partial charge in [0.05, 0.1) is 7.11 Å². The molecule has 1 N–H and O–H groups in total. The van der Waals surface area contributed by atoms with Gasteiger partial charge in [0.1, 0.15) is 12.4 Å². The molecule has 1 aromatic heterocycles. The minimum atomic E-state index is -1.07. The molecule has 2 rings (SSSR count). The van der Waals surface area contributed by atoms with E-state index in [2.05, 4.69) is 4.98 Å². The van der Waals surface area contributed by atoms with Gasteiger partial charge in [-0.05, 0) is 23.8 Å². The number of carboxylic acid groups (broad SMARTS) is 1. The molecule has 0 spiro atoms. The molecule has 0 radical (unpaired) electrons. The van der Waals surface area contributed by atoms with E-state index in [0.29, 0.717) is 6.61 Å². The molecule has 19 heavy (non-hydrogen) atoms. The number of benzene rings is 1. The van der Waals surface area contributed by atoms with Gasteiger partial charge in [-0.25, -0.2) is 9.78 Å². The third-order valence-electron chi connectivity index (χ3n) is 2.49. The maximum absolute atomic E-state index is 10.8. The number of ether oxygens (including phenoxy) is 2. The van der Waals surface area contributed by atoms with Crippen LogP contribution in [-0.2, 0) is 6.61 Å². The van der Waals surface area contributed by atoms with E-state index in [1.54, 1.807) is 19.2 Å². The number of aromatic carboxylic acids is 1. The van der Waals surface area contributed by atoms with E-state index in [9.17, 15) is 4.79 Å². The number of carboxylic acids is 1. The molecule has 0 unspecified atom stereocenters. The van der Waals surface area contributed by atoms with Gasteiger partial charge in [-0.3, -0.25) is 0 Å². The molecule has 5 heteroatoms. The van der Waals surface area contributed by atoms with E-state index >= 15 is 0 Å². The molecule has 0 atom stereocenters. The van der Waals surface area contributed by atoms with Gasteiger partial charge in [-0.15, -0.1) is 0 Å². The Hall–Kier alpha value is -2.56. The SMILES string of the molecule is COc1ccc(COc2cccc(C(=O)O)n2)cc1. The van der Waals surface area contributed by atoms with Crippen LogP contribution >= 0.6 is 0 Å². The third-order valence-corrected chi connectivity index (χ3v) is 2.49. The van der Waals surface area contributed by atoms with E-state index in [1.807, 2.05) is 24.3 Å². The van der Waals surface area contributed by atoms with Crippen LogP contribution in [0.4, 0.5) is 0 Å². The molecule has 0 bridgehead atoms. The summed E-state index contributed by atoms with van der Waals surface area (Å²) in [6.07, 6.45) is 0. The molecule has 0 aliphatic carbocycles. The van der Waals surface area contributed by atoms with Crippen LogP contribution in [0.5, 0.6) is 11.6 Å². The zero-order chi connectivity index (χ0) is 13.7. The molecule has 1 heterocycles. The second-order valence-corrected chi connectivity index (χ2v) is 3.80. The highest BCUT2D eigenvalue weighted by atomic mass is 16.5. The van der Waals surface area contributed by atoms with Gasteiger partial charge in [-0.2, -0.15) is 0 Å². The predicted molar refractivity (Wildman–Crippen MR) is 68.5 cm³/mol. The zero-order valence-corrected chi connectivity index (χ0v) is 10.4. The molecule has 1 aromatic carbocycles. The average molecular weight is 259 g/mol. The number of aromatic nitrogens is 1. The van der Waals surface area contributed by atoms with Crippen LogP contribution in [0.3, 0.4) is 0 Å². The molecule has 98 valence electrons. The number of carbonyl (C=O) groups is 1. The fourth-order valence-electron chi connectivity index (χ4n) is 1.49. The number of hydrogen-bond acceptors (Lipinski definition) is 4. The number of pyridine rings is 1. The first-order chi connectivity index (χ1) is 9.19. The fraction of sp³-hybridized carbons (Fsp3) is 0.143. The van der Waals surface area contributed by atoms with Crippen LogP contribution in [0.2, 0.25) is 0 Å². The average Bonchev–Trinajstić information content (AvgIpc) is 2.46. The first kappa shape index (κ1) is 12.9. The van der Waals surface area contributed by atoms with E-state index in [-0.39, 0.29) is 11.6 Å². The van der Waals surface area contributed by atoms with Crippen molar-refractivity contribution in [3.63, 3.8) is 0 Å². The summed E-state index contributed by atoms with van der Waals surface area (Å²) in [6, 6.07) is 12.1. The molecule has 5 nitrogen and oxygen atoms in total. The van der Waals surface area contributed by atoms with Crippen molar-refractivity contribution >= 4 is 5.97 Å². The largest absolute Gasteiger partial charge is 0.497 e. The maximum atomic E-state index is 10.8. The first-order valence-corrected chi connectivity index (χ1v) is 5.65. The van der Waals surface area contributed by atoms with E-state index in [4.69, 9.17) is 14.6 Å². The lowest BCUT2D eigenvalue weighted by atomic mass is 10.2. The normalized spacial score (nSPS) is 9.95. The van der Waals surface area contributed by atoms with E-state index in [1.165, 1.54) is 6.07 Å². The first-order valence-electron chi connectivity index (χ1n) is 5.65. The summed E-state index contributed by atoms with van der Waals surface area (Å²) in [4.78, 5) is 14.6. The summed E-state index contributed by atoms with van der Waals surface area (Å²) in [6.45, 7) is 0.320. The van der Waals surface area contributed by atoms with Gasteiger partial charge in [0.15, 0.2) is 5.69 Å². The highest BCUT2D eigenvalue weighted by Gasteiger charge is 2.05. The maximum Gasteiger partial charge on any atom is 0.354 e. The Labute approximate surface area is 110 Å². The molecular weight excluding hydrogens is 246 g/mol. The lowest BCUT2D eigenvalue weighted by Gasteiger charge is -2.06. The molecule has 0 saturated carbocycles. The molecule has 0 aliphatic heterocycles. The monoisotopic (exact) mass is 259 g/mol. The Morgan fingerprint density at radius 3 is 2.58 bits per heavy atom. The quantitative estimate of drug-likeness (QED) is 0.892. The minimum Gasteiger partial charge on any atom is -0.497 e. The van der Waals surface area contributed by atoms with Crippen LogP contribution in [0.1, 0.15) is 16.1 Å². The van der Waals surface area contributed by atoms with Crippen molar-refractivity contribution in [1.29, 1.82) is 0 Å². The zero-order valence-electron chi connectivity index (χ0n) is 10.4. The van der Waals surface area contributed by atoms with Crippen molar-refractivity contribution in [3.05, 3.63) is 53.7 Å². The van der Waals surface area contributed by atoms with Gasteiger partial charge in [0, 0.05) is 6.07 Å². The van der Waals surface area contributed by atoms with Crippen LogP contribution in [0.25, 0.3) is 0 Å². The van der Waals surface area contributed by atoms with Crippen molar-refractivity contribution in [3.8, 4) is 11.6 Å². The fourth-order valence-corrected chi connectivity index (χ4v) is 1.49. The van der Waals surface area contributed by atoms with Gasteiger partial charge >= 0.3 is 5.97 Å². The van der Waals surface area contributed by atoms with Crippen LogP contribution in [-0.4, -0.2) is 23.2 Å². The topological polar surface area (TPSA) is 68.7 Å². The smallest absolute Gasteiger partial charge is 0.354 e. The second kappa shape index (κ2) is 5.86. The van der Waals surface area contributed by atoms with Gasteiger partial charge in [0.2, 0.25) is 5.88 Å². The lowest BCUT2D eigenvalue weighted by molar-refractivity contribution is 0.0689. The van der Waals surface area contributed by atoms with Crippen molar-refractivity contribution < 1.29 is 19.4 Å². The molecule has 0 fully saturated rings. The Morgan fingerprint density at radius 1 is 1.21 bits per heavy atom. The number of hydrogen-bond donors (Lipinski definition) is 1. The minimum absolute atomic E-state index is 0.0350. The summed E-state index contributed by atoms with van der Waals surface area (Å²) < 4.78 is 10.5. The number of rotatable bonds is 5. The highest BCUT2D eigenvalue weighted by Crippen LogP contribution is 2.14. The van der Waals surface area contributed by atoms with Crippen LogP contribution in [0, 0.1) is 0 Å². The van der Waals surface area contributed by atoms with Crippen molar-refractivity contribution in [2.24, 2.45) is 0 Å². The summed E-state index contributed by atoms with van der Waals surface area (Å²) >= 11 is 0. The predicted octanol–water partition coefficient (Wildman–Crippen LogP) is 2.37. The van der Waals surface area contributed by atoms with Crippen molar-refractivity contribution in [2.75, 3.05) is 7.11 Å². The summed E-state index contributed by atoms with van der Waals surface area (Å²) in [5.41, 5.74) is 0.913. The Kier molecular flexibility index (Phi) is 3.97. The molecule has 2 aromatic rings. The van der Waals surface area contributed by atoms with E-state index < -0.39 is 5.97 Å². The highest BCUT2D eigenvalue weighted by molar-refractivity contribution is 5.85. The van der Waals surface area contributed by atoms with Gasteiger partial charge < -0.3 is 14.6 Å². The molecular formula is C14H13NO4. The Bertz CT molecular complexity index is 566. The summed E-state index contributed by atoms with van der Waals surface area (Å²) in [5, 5.41) is 8.82. The van der Waals surface area contributed by atoms with Crippen LogP contribution in [0.15, 0.2) is 42.5 Å². The van der Waals surface area contributed by atoms with Gasteiger partial charge in [-0.1, -0.05) is 18.2 Å². The van der Waals surface area contributed by atoms with Crippen molar-refractivity contribution in [1.82, 2.24) is 4.98 Å². The van der Waals surface area contributed by atoms with Gasteiger partial charge in [0.25, 0.3) is 0 Å². The number of nitrogens with zero attached hydrogens (tertiary/aromatic N) is 1. The lowest BCUT2D eigenvalue weighted by Crippen LogP contribution is -2.03. The Balaban J connectivity index is 2.01. The molecule has 0 aliphatic rings. The number of methoxy groups -OCH3 is 1. The molecule has 0 saturated heterocycles. The van der Waals surface area contributed by atoms with Crippen LogP contribution < -0.4 is 9.47 Å². The second-order valence-electron chi connectivity index (χ2n) is 3.80. The summed E-state index contributed by atoms with van der Waals surface area (Å²) in [5.74, 6) is -0.0136. The third kappa shape index (κ3) is 3.45.